The molecule has 2 rings (SSSR count). The largest absolute Gasteiger partial charge is 0.497 e. The number of aliphatic hydroxyl groups excluding tert-OH is 1. The Labute approximate surface area is 87.1 Å². The number of hydrogen-bond acceptors (Lipinski definition) is 3. The Hall–Kier alpha value is -1.55. The van der Waals surface area contributed by atoms with Crippen LogP contribution in [0.2, 0.25) is 0 Å². The van der Waals surface area contributed by atoms with Crippen LogP contribution in [0.4, 0.5) is 0 Å². The molecule has 0 radical (unpaired) electrons. The quantitative estimate of drug-likeness (QED) is 0.760. The predicted octanol–water partition coefficient (Wildman–Crippen LogP) is 0.985. The Morgan fingerprint density at radius 1 is 1.53 bits per heavy atom. The monoisotopic (exact) mass is 208 g/mol. The third-order valence-electron chi connectivity index (χ3n) is 2.81. The third kappa shape index (κ3) is 1.57. The molecule has 15 heavy (non-hydrogen) atoms. The number of benzene rings is 1. The summed E-state index contributed by atoms with van der Waals surface area (Å²) in [4.78, 5) is 10.8. The van der Waals surface area contributed by atoms with E-state index in [-0.39, 0.29) is 0 Å². The fourth-order valence-electron chi connectivity index (χ4n) is 1.96. The number of carbonyl (C=O) groups is 1. The highest BCUT2D eigenvalue weighted by Crippen LogP contribution is 2.37. The minimum absolute atomic E-state index is 0.364. The third-order valence-corrected chi connectivity index (χ3v) is 2.81. The van der Waals surface area contributed by atoms with Crippen LogP contribution in [-0.4, -0.2) is 23.3 Å². The van der Waals surface area contributed by atoms with Gasteiger partial charge in [-0.2, -0.15) is 0 Å². The van der Waals surface area contributed by atoms with Crippen molar-refractivity contribution in [2.75, 3.05) is 7.11 Å². The molecule has 0 saturated heterocycles. The van der Waals surface area contributed by atoms with Gasteiger partial charge in [-0.25, -0.2) is 0 Å². The Balaban J connectivity index is 2.36. The van der Waals surface area contributed by atoms with Gasteiger partial charge in [-0.1, -0.05) is 6.07 Å². The van der Waals surface area contributed by atoms with Gasteiger partial charge in [0.25, 0.3) is 0 Å². The number of aliphatic carboxylic acids is 1. The number of ether oxygens (including phenoxy) is 1. The van der Waals surface area contributed by atoms with Crippen molar-refractivity contribution >= 4 is 5.97 Å². The van der Waals surface area contributed by atoms with E-state index in [1.54, 1.807) is 25.3 Å². The summed E-state index contributed by atoms with van der Waals surface area (Å²) in [5, 5.41) is 18.6. The molecule has 0 saturated carbocycles. The second kappa shape index (κ2) is 3.55. The number of methoxy groups -OCH3 is 1. The van der Waals surface area contributed by atoms with E-state index >= 15 is 0 Å². The molecule has 0 spiro atoms. The summed E-state index contributed by atoms with van der Waals surface area (Å²) in [6.45, 7) is 0. The molecule has 1 aliphatic carbocycles. The molecule has 0 aromatic heterocycles. The standard InChI is InChI=1S/C11H12O4/c1-15-7-2-3-8-6(4-7)5-9(10(8)12)11(13)14/h2-4,9-10,12H,5H2,1H3,(H,13,14)/t9-,10+/m0/s1. The van der Waals surface area contributed by atoms with Crippen LogP contribution in [0.25, 0.3) is 0 Å². The summed E-state index contributed by atoms with van der Waals surface area (Å²) in [5.41, 5.74) is 1.55. The van der Waals surface area contributed by atoms with Crippen molar-refractivity contribution in [3.63, 3.8) is 0 Å². The zero-order valence-corrected chi connectivity index (χ0v) is 8.30. The lowest BCUT2D eigenvalue weighted by molar-refractivity contribution is -0.145. The number of carboxylic acids is 1. The SMILES string of the molecule is COc1ccc2c(c1)C[C@H](C(=O)O)[C@@H]2O. The van der Waals surface area contributed by atoms with Gasteiger partial charge in [0.2, 0.25) is 0 Å². The van der Waals surface area contributed by atoms with E-state index in [1.165, 1.54) is 0 Å². The van der Waals surface area contributed by atoms with Crippen molar-refractivity contribution in [2.45, 2.75) is 12.5 Å². The molecular formula is C11H12O4. The van der Waals surface area contributed by atoms with Crippen LogP contribution in [0.1, 0.15) is 17.2 Å². The number of fused-ring (bicyclic) bond motifs is 1. The lowest BCUT2D eigenvalue weighted by atomic mass is 10.0. The van der Waals surface area contributed by atoms with Crippen LogP contribution < -0.4 is 4.74 Å². The van der Waals surface area contributed by atoms with Crippen molar-refractivity contribution in [2.24, 2.45) is 5.92 Å². The molecule has 80 valence electrons. The molecule has 2 atom stereocenters. The maximum atomic E-state index is 10.8. The first-order valence-corrected chi connectivity index (χ1v) is 4.71. The second-order valence-corrected chi connectivity index (χ2v) is 3.66. The van der Waals surface area contributed by atoms with Crippen molar-refractivity contribution in [3.8, 4) is 5.75 Å². The van der Waals surface area contributed by atoms with Crippen LogP contribution in [0.15, 0.2) is 18.2 Å². The van der Waals surface area contributed by atoms with E-state index < -0.39 is 18.0 Å². The summed E-state index contributed by atoms with van der Waals surface area (Å²) < 4.78 is 5.04. The van der Waals surface area contributed by atoms with E-state index in [4.69, 9.17) is 9.84 Å². The van der Waals surface area contributed by atoms with E-state index in [9.17, 15) is 9.90 Å². The van der Waals surface area contributed by atoms with Crippen LogP contribution in [0.3, 0.4) is 0 Å². The normalized spacial score (nSPS) is 23.6. The minimum Gasteiger partial charge on any atom is -0.497 e. The van der Waals surface area contributed by atoms with E-state index in [0.29, 0.717) is 17.7 Å². The number of rotatable bonds is 2. The van der Waals surface area contributed by atoms with Crippen molar-refractivity contribution in [3.05, 3.63) is 29.3 Å². The Bertz CT molecular complexity index is 400. The van der Waals surface area contributed by atoms with Gasteiger partial charge in [-0.15, -0.1) is 0 Å². The molecule has 4 heteroatoms. The zero-order valence-electron chi connectivity index (χ0n) is 8.30. The molecule has 0 bridgehead atoms. The van der Waals surface area contributed by atoms with Gasteiger partial charge >= 0.3 is 5.97 Å². The molecule has 2 N–H and O–H groups in total. The molecule has 1 aliphatic rings. The van der Waals surface area contributed by atoms with Crippen LogP contribution >= 0.6 is 0 Å². The molecule has 0 aliphatic heterocycles. The highest BCUT2D eigenvalue weighted by molar-refractivity contribution is 5.73. The van der Waals surface area contributed by atoms with E-state index in [2.05, 4.69) is 0 Å². The topological polar surface area (TPSA) is 66.8 Å². The number of hydrogen-bond donors (Lipinski definition) is 2. The smallest absolute Gasteiger partial charge is 0.309 e. The van der Waals surface area contributed by atoms with E-state index in [1.807, 2.05) is 0 Å². The van der Waals surface area contributed by atoms with E-state index in [0.717, 1.165) is 5.56 Å². The lowest BCUT2D eigenvalue weighted by Crippen LogP contribution is -2.17. The first-order valence-electron chi connectivity index (χ1n) is 4.71. The molecular weight excluding hydrogens is 196 g/mol. The van der Waals surface area contributed by atoms with Crippen LogP contribution in [0, 0.1) is 5.92 Å². The average molecular weight is 208 g/mol. The molecule has 1 aromatic rings. The summed E-state index contributed by atoms with van der Waals surface area (Å²) in [7, 11) is 1.56. The van der Waals surface area contributed by atoms with Gasteiger partial charge in [0.05, 0.1) is 19.1 Å². The highest BCUT2D eigenvalue weighted by atomic mass is 16.5. The van der Waals surface area contributed by atoms with Crippen molar-refractivity contribution < 1.29 is 19.7 Å². The predicted molar refractivity (Wildman–Crippen MR) is 52.8 cm³/mol. The van der Waals surface area contributed by atoms with Gasteiger partial charge in [0.15, 0.2) is 0 Å². The fraction of sp³-hybridized carbons (Fsp3) is 0.364. The molecule has 0 amide bonds. The summed E-state index contributed by atoms with van der Waals surface area (Å²) in [6.07, 6.45) is -0.536. The van der Waals surface area contributed by atoms with Gasteiger partial charge in [0, 0.05) is 0 Å². The summed E-state index contributed by atoms with van der Waals surface area (Å²) in [6, 6.07) is 5.23. The van der Waals surface area contributed by atoms with Gasteiger partial charge in [-0.3, -0.25) is 4.79 Å². The average Bonchev–Trinajstić information content (AvgIpc) is 2.55. The number of carboxylic acid groups (broad SMARTS) is 1. The van der Waals surface area contributed by atoms with Crippen molar-refractivity contribution in [1.29, 1.82) is 0 Å². The Morgan fingerprint density at radius 2 is 2.27 bits per heavy atom. The van der Waals surface area contributed by atoms with Gasteiger partial charge in [-0.05, 0) is 29.7 Å². The second-order valence-electron chi connectivity index (χ2n) is 3.66. The first-order chi connectivity index (χ1) is 7.13. The number of aliphatic hydroxyl groups is 1. The molecule has 0 unspecified atom stereocenters. The maximum absolute atomic E-state index is 10.8. The van der Waals surface area contributed by atoms with Crippen LogP contribution in [0.5, 0.6) is 5.75 Å². The fourth-order valence-corrected chi connectivity index (χ4v) is 1.96. The molecule has 1 aromatic carbocycles. The lowest BCUT2D eigenvalue weighted by Gasteiger charge is -2.09. The van der Waals surface area contributed by atoms with Crippen molar-refractivity contribution in [1.82, 2.24) is 0 Å². The van der Waals surface area contributed by atoms with Gasteiger partial charge in [0.1, 0.15) is 5.75 Å². The van der Waals surface area contributed by atoms with Crippen LogP contribution in [-0.2, 0) is 11.2 Å². The Kier molecular flexibility index (Phi) is 2.36. The molecule has 0 fully saturated rings. The zero-order chi connectivity index (χ0) is 11.0. The molecule has 4 nitrogen and oxygen atoms in total. The first kappa shape index (κ1) is 9.98. The summed E-state index contributed by atoms with van der Waals surface area (Å²) >= 11 is 0. The minimum atomic E-state index is -0.960. The Morgan fingerprint density at radius 3 is 2.87 bits per heavy atom. The van der Waals surface area contributed by atoms with Gasteiger partial charge < -0.3 is 14.9 Å². The maximum Gasteiger partial charge on any atom is 0.309 e. The summed E-state index contributed by atoms with van der Waals surface area (Å²) in [5.74, 6) is -1.00. The highest BCUT2D eigenvalue weighted by Gasteiger charge is 2.36. The molecule has 0 heterocycles.